The molecule has 0 N–H and O–H groups in total. The van der Waals surface area contributed by atoms with Gasteiger partial charge in [-0.1, -0.05) is 50.2 Å². The molecular formula is C30H17N3O. The fourth-order valence-corrected chi connectivity index (χ4v) is 6.09. The number of nitrogens with zero attached hydrogens (tertiary/aromatic N) is 3. The van der Waals surface area contributed by atoms with E-state index in [2.05, 4.69) is 36.5 Å². The Hall–Kier alpha value is -4.67. The fourth-order valence-electron chi connectivity index (χ4n) is 6.09. The molecule has 6 aromatic rings. The lowest BCUT2D eigenvalue weighted by molar-refractivity contribution is 0.103. The third-order valence-corrected chi connectivity index (χ3v) is 7.53. The zero-order chi connectivity index (χ0) is 23.4. The summed E-state index contributed by atoms with van der Waals surface area (Å²) >= 11 is 0. The highest BCUT2D eigenvalue weighted by atomic mass is 16.1. The smallest absolute Gasteiger partial charge is 0.193 e. The summed E-state index contributed by atoms with van der Waals surface area (Å²) < 4.78 is 2.17. The first-order valence-corrected chi connectivity index (χ1v) is 11.2. The molecular weight excluding hydrogens is 418 g/mol. The largest absolute Gasteiger partial charge is 0.308 e. The van der Waals surface area contributed by atoms with Crippen LogP contribution in [-0.2, 0) is 5.41 Å². The van der Waals surface area contributed by atoms with E-state index >= 15 is 0 Å². The van der Waals surface area contributed by atoms with E-state index in [-0.39, 0.29) is 5.78 Å². The van der Waals surface area contributed by atoms with Crippen LogP contribution in [0.3, 0.4) is 0 Å². The first-order valence-electron chi connectivity index (χ1n) is 11.2. The van der Waals surface area contributed by atoms with Crippen molar-refractivity contribution in [2.45, 2.75) is 19.3 Å². The van der Waals surface area contributed by atoms with Gasteiger partial charge in [0.05, 0.1) is 39.8 Å². The summed E-state index contributed by atoms with van der Waals surface area (Å²) in [6, 6.07) is 25.8. The lowest BCUT2D eigenvalue weighted by Gasteiger charge is -2.35. The SMILES string of the molecule is CC1(C)c2ccccc2C(=O)c2cc3c4ccc(C#N)cc4n4c5cc(C#N)ccc5c(c21)c34. The fraction of sp³-hybridized carbons (Fsp3) is 0.100. The Bertz CT molecular complexity index is 1980. The minimum Gasteiger partial charge on any atom is -0.308 e. The Labute approximate surface area is 195 Å². The predicted octanol–water partition coefficient (Wildman–Crippen LogP) is 6.45. The molecule has 4 heteroatoms. The van der Waals surface area contributed by atoms with Gasteiger partial charge in [-0.3, -0.25) is 4.79 Å². The van der Waals surface area contributed by atoms with E-state index in [1.165, 1.54) is 0 Å². The van der Waals surface area contributed by atoms with Crippen LogP contribution in [0.5, 0.6) is 0 Å². The number of carbonyl (C=O) groups excluding carboxylic acids is 1. The van der Waals surface area contributed by atoms with E-state index in [1.54, 1.807) is 0 Å². The van der Waals surface area contributed by atoms with Gasteiger partial charge in [-0.25, -0.2) is 0 Å². The van der Waals surface area contributed by atoms with Gasteiger partial charge in [-0.2, -0.15) is 10.5 Å². The Balaban J connectivity index is 1.80. The van der Waals surface area contributed by atoms with Crippen LogP contribution in [0.25, 0.3) is 38.1 Å². The van der Waals surface area contributed by atoms with Crippen LogP contribution in [0.1, 0.15) is 52.0 Å². The summed E-state index contributed by atoms with van der Waals surface area (Å²) in [5, 5.41) is 23.2. The molecule has 1 aliphatic rings. The topological polar surface area (TPSA) is 69.1 Å². The third kappa shape index (κ3) is 2.04. The van der Waals surface area contributed by atoms with Crippen LogP contribution >= 0.6 is 0 Å². The normalized spacial score (nSPS) is 14.4. The van der Waals surface area contributed by atoms with Gasteiger partial charge in [0.2, 0.25) is 0 Å². The van der Waals surface area contributed by atoms with Gasteiger partial charge in [-0.05, 0) is 41.5 Å². The van der Waals surface area contributed by atoms with Gasteiger partial charge in [-0.15, -0.1) is 0 Å². The van der Waals surface area contributed by atoms with Crippen LogP contribution in [-0.4, -0.2) is 10.2 Å². The molecule has 0 radical (unpaired) electrons. The number of hydrogen-bond donors (Lipinski definition) is 0. The summed E-state index contributed by atoms with van der Waals surface area (Å²) in [6.45, 7) is 4.36. The molecule has 158 valence electrons. The van der Waals surface area contributed by atoms with Crippen LogP contribution in [0.4, 0.5) is 0 Å². The monoisotopic (exact) mass is 435 g/mol. The maximum atomic E-state index is 13.8. The van der Waals surface area contributed by atoms with Crippen molar-refractivity contribution in [3.63, 3.8) is 0 Å². The summed E-state index contributed by atoms with van der Waals surface area (Å²) in [4.78, 5) is 13.8. The second-order valence-electron chi connectivity index (χ2n) is 9.59. The average molecular weight is 435 g/mol. The van der Waals surface area contributed by atoms with Gasteiger partial charge in [0.25, 0.3) is 0 Å². The van der Waals surface area contributed by atoms with E-state index in [0.29, 0.717) is 11.1 Å². The minimum atomic E-state index is -0.391. The molecule has 0 saturated heterocycles. The van der Waals surface area contributed by atoms with Crippen LogP contribution in [0, 0.1) is 22.7 Å². The quantitative estimate of drug-likeness (QED) is 0.275. The first kappa shape index (κ1) is 18.9. The molecule has 0 atom stereocenters. The van der Waals surface area contributed by atoms with Gasteiger partial charge in [0.15, 0.2) is 5.78 Å². The van der Waals surface area contributed by atoms with Gasteiger partial charge in [0.1, 0.15) is 0 Å². The Morgan fingerprint density at radius 2 is 1.41 bits per heavy atom. The lowest BCUT2D eigenvalue weighted by Crippen LogP contribution is -2.30. The first-order chi connectivity index (χ1) is 16.5. The highest BCUT2D eigenvalue weighted by molar-refractivity contribution is 6.28. The molecule has 0 amide bonds. The predicted molar refractivity (Wildman–Crippen MR) is 133 cm³/mol. The number of rotatable bonds is 0. The van der Waals surface area contributed by atoms with Crippen LogP contribution < -0.4 is 0 Å². The molecule has 2 aromatic heterocycles. The molecule has 0 saturated carbocycles. The Morgan fingerprint density at radius 1 is 0.765 bits per heavy atom. The Morgan fingerprint density at radius 3 is 2.12 bits per heavy atom. The molecule has 0 aliphatic heterocycles. The van der Waals surface area contributed by atoms with Crippen molar-refractivity contribution in [2.75, 3.05) is 0 Å². The second-order valence-corrected chi connectivity index (χ2v) is 9.59. The summed E-state index contributed by atoms with van der Waals surface area (Å²) in [6.07, 6.45) is 0. The van der Waals surface area contributed by atoms with Gasteiger partial charge < -0.3 is 4.40 Å². The van der Waals surface area contributed by atoms with Crippen molar-refractivity contribution in [1.82, 2.24) is 4.40 Å². The van der Waals surface area contributed by atoms with E-state index in [1.807, 2.05) is 60.7 Å². The van der Waals surface area contributed by atoms with Crippen molar-refractivity contribution in [2.24, 2.45) is 0 Å². The summed E-state index contributed by atoms with van der Waals surface area (Å²) in [5.41, 5.74) is 7.16. The minimum absolute atomic E-state index is 0.0414. The van der Waals surface area contributed by atoms with Crippen molar-refractivity contribution in [3.8, 4) is 12.1 Å². The highest BCUT2D eigenvalue weighted by Gasteiger charge is 2.40. The zero-order valence-electron chi connectivity index (χ0n) is 18.6. The van der Waals surface area contributed by atoms with Gasteiger partial charge in [0, 0.05) is 38.1 Å². The number of hydrogen-bond acceptors (Lipinski definition) is 3. The molecule has 4 nitrogen and oxygen atoms in total. The van der Waals surface area contributed by atoms with E-state index < -0.39 is 5.41 Å². The molecule has 2 heterocycles. The number of ketones is 1. The van der Waals surface area contributed by atoms with Crippen molar-refractivity contribution in [3.05, 3.63) is 100 Å². The van der Waals surface area contributed by atoms with Crippen molar-refractivity contribution >= 4 is 43.9 Å². The lowest BCUT2D eigenvalue weighted by atomic mass is 9.67. The Kier molecular flexibility index (Phi) is 3.33. The van der Waals surface area contributed by atoms with Gasteiger partial charge >= 0.3 is 0 Å². The van der Waals surface area contributed by atoms with Crippen molar-refractivity contribution < 1.29 is 4.79 Å². The molecule has 0 spiro atoms. The van der Waals surface area contributed by atoms with Crippen LogP contribution in [0.2, 0.25) is 0 Å². The number of benzene rings is 4. The number of aromatic nitrogens is 1. The molecule has 0 unspecified atom stereocenters. The number of carbonyl (C=O) groups is 1. The molecule has 0 fully saturated rings. The summed E-state index contributed by atoms with van der Waals surface area (Å²) in [7, 11) is 0. The third-order valence-electron chi connectivity index (χ3n) is 7.53. The maximum Gasteiger partial charge on any atom is 0.193 e. The standard InChI is InChI=1S/C30H17N3O/c1-30(2)23-6-4-3-5-19(23)29(34)22-13-21-18-9-7-16(14-31)11-24(18)33-25-12-17(15-32)8-10-20(25)26(27(22)30)28(21)33/h3-13H,1-2H3. The maximum absolute atomic E-state index is 13.8. The molecule has 34 heavy (non-hydrogen) atoms. The number of fused-ring (bicyclic) bond motifs is 9. The zero-order valence-corrected chi connectivity index (χ0v) is 18.6. The summed E-state index contributed by atoms with van der Waals surface area (Å²) in [5.74, 6) is 0.0414. The van der Waals surface area contributed by atoms with E-state index in [9.17, 15) is 15.3 Å². The molecule has 1 aliphatic carbocycles. The molecule has 0 bridgehead atoms. The van der Waals surface area contributed by atoms with E-state index in [4.69, 9.17) is 0 Å². The van der Waals surface area contributed by atoms with E-state index in [0.717, 1.165) is 60.3 Å². The number of nitriles is 2. The molecule has 4 aromatic carbocycles. The average Bonchev–Trinajstić information content (AvgIpc) is 3.37. The van der Waals surface area contributed by atoms with Crippen LogP contribution in [0.15, 0.2) is 66.7 Å². The second kappa shape index (κ2) is 6.01. The highest BCUT2D eigenvalue weighted by Crippen LogP contribution is 2.50. The molecule has 7 rings (SSSR count). The van der Waals surface area contributed by atoms with Crippen molar-refractivity contribution in [1.29, 1.82) is 10.5 Å².